The third-order valence-corrected chi connectivity index (χ3v) is 9.25. The number of halogens is 2. The second-order valence-electron chi connectivity index (χ2n) is 7.54. The Bertz CT molecular complexity index is 325. The van der Waals surface area contributed by atoms with Crippen LogP contribution in [0, 0.1) is 5.41 Å². The molecule has 19 heavy (non-hydrogen) atoms. The second kappa shape index (κ2) is 5.24. The van der Waals surface area contributed by atoms with Gasteiger partial charge in [0, 0.05) is 11.8 Å². The van der Waals surface area contributed by atoms with Gasteiger partial charge in [0.1, 0.15) is 6.29 Å². The number of rotatable bonds is 6. The van der Waals surface area contributed by atoms with Crippen molar-refractivity contribution in [3.63, 3.8) is 0 Å². The smallest absolute Gasteiger partial charge is 0.192 e. The summed E-state index contributed by atoms with van der Waals surface area (Å²) in [5.74, 6) is 0. The number of aldehydes is 1. The summed E-state index contributed by atoms with van der Waals surface area (Å²) in [5, 5.41) is 0.0204. The second-order valence-corrected chi connectivity index (χ2v) is 12.3. The number of hydrogen-bond donors (Lipinski definition) is 0. The van der Waals surface area contributed by atoms with Crippen molar-refractivity contribution in [2.45, 2.75) is 63.8 Å². The lowest BCUT2D eigenvalue weighted by Crippen LogP contribution is -2.61. The lowest BCUT2D eigenvalue weighted by Gasteiger charge is -2.57. The summed E-state index contributed by atoms with van der Waals surface area (Å²) in [6.07, 6.45) is 1.69. The first kappa shape index (κ1) is 16.8. The average Bonchev–Trinajstić information content (AvgIpc) is 2.23. The molecule has 0 heterocycles. The quantitative estimate of drug-likeness (QED) is 0.545. The Kier molecular flexibility index (Phi) is 4.62. The Balaban J connectivity index is 2.85. The molecule has 2 nitrogen and oxygen atoms in total. The third-order valence-electron chi connectivity index (χ3n) is 4.69. The van der Waals surface area contributed by atoms with Gasteiger partial charge < -0.3 is 9.22 Å². The molecule has 1 aliphatic carbocycles. The molecule has 0 spiro atoms. The van der Waals surface area contributed by atoms with Gasteiger partial charge in [-0.05, 0) is 31.0 Å². The summed E-state index contributed by atoms with van der Waals surface area (Å²) in [6.45, 7) is 9.20. The van der Waals surface area contributed by atoms with Crippen molar-refractivity contribution >= 4 is 14.6 Å². The normalized spacial score (nSPS) is 21.8. The van der Waals surface area contributed by atoms with Crippen molar-refractivity contribution in [1.29, 1.82) is 0 Å². The first-order valence-electron chi connectivity index (χ1n) is 6.81. The van der Waals surface area contributed by atoms with Crippen molar-refractivity contribution in [2.24, 2.45) is 5.41 Å². The fraction of sp³-hybridized carbons (Fsp3) is 0.929. The van der Waals surface area contributed by atoms with Crippen LogP contribution < -0.4 is 0 Å². The van der Waals surface area contributed by atoms with Crippen molar-refractivity contribution in [3.05, 3.63) is 0 Å². The van der Waals surface area contributed by atoms with E-state index in [4.69, 9.17) is 4.43 Å². The monoisotopic (exact) mass is 292 g/mol. The molecule has 0 atom stereocenters. The van der Waals surface area contributed by atoms with Crippen molar-refractivity contribution < 1.29 is 18.0 Å². The highest BCUT2D eigenvalue weighted by molar-refractivity contribution is 6.74. The summed E-state index contributed by atoms with van der Waals surface area (Å²) >= 11 is 0. The summed E-state index contributed by atoms with van der Waals surface area (Å²) in [5.41, 5.74) is -1.55. The Hall–Kier alpha value is -0.293. The van der Waals surface area contributed by atoms with Crippen LogP contribution in [0.1, 0.15) is 40.0 Å². The molecular formula is C14H26F2O2Si. The van der Waals surface area contributed by atoms with Gasteiger partial charge in [-0.3, -0.25) is 8.78 Å². The zero-order valence-corrected chi connectivity index (χ0v) is 13.7. The van der Waals surface area contributed by atoms with Gasteiger partial charge in [-0.25, -0.2) is 0 Å². The Morgan fingerprint density at radius 1 is 1.21 bits per heavy atom. The van der Waals surface area contributed by atoms with Gasteiger partial charge in [0.25, 0.3) is 0 Å². The molecule has 0 aromatic carbocycles. The Labute approximate surface area is 116 Å². The molecule has 1 fully saturated rings. The van der Waals surface area contributed by atoms with Gasteiger partial charge >= 0.3 is 0 Å². The fourth-order valence-corrected chi connectivity index (χ4v) is 4.26. The van der Waals surface area contributed by atoms with Crippen LogP contribution in [0.25, 0.3) is 0 Å². The van der Waals surface area contributed by atoms with Crippen LogP contribution in [0.4, 0.5) is 8.78 Å². The maximum absolute atomic E-state index is 13.0. The van der Waals surface area contributed by atoms with Crippen LogP contribution >= 0.6 is 0 Å². The third kappa shape index (κ3) is 3.24. The number of carbonyl (C=O) groups is 1. The van der Waals surface area contributed by atoms with Crippen LogP contribution in [-0.2, 0) is 9.22 Å². The van der Waals surface area contributed by atoms with E-state index in [0.29, 0.717) is 12.8 Å². The van der Waals surface area contributed by atoms with Gasteiger partial charge in [0.05, 0.1) is 19.0 Å². The average molecular weight is 292 g/mol. The molecule has 0 radical (unpaired) electrons. The van der Waals surface area contributed by atoms with Gasteiger partial charge in [0.2, 0.25) is 0 Å². The molecule has 0 amide bonds. The van der Waals surface area contributed by atoms with Crippen molar-refractivity contribution in [3.8, 4) is 0 Å². The summed E-state index contributed by atoms with van der Waals surface area (Å²) in [6, 6.07) is 0. The van der Waals surface area contributed by atoms with Crippen LogP contribution in [0.15, 0.2) is 0 Å². The first-order valence-corrected chi connectivity index (χ1v) is 9.72. The molecule has 0 saturated heterocycles. The zero-order valence-electron chi connectivity index (χ0n) is 12.7. The zero-order chi connectivity index (χ0) is 14.9. The van der Waals surface area contributed by atoms with Crippen LogP contribution in [0.2, 0.25) is 18.1 Å². The van der Waals surface area contributed by atoms with Crippen molar-refractivity contribution in [2.75, 3.05) is 13.3 Å². The van der Waals surface area contributed by atoms with Crippen LogP contribution in [-0.4, -0.2) is 33.6 Å². The first-order chi connectivity index (χ1) is 8.55. The highest BCUT2D eigenvalue weighted by Gasteiger charge is 2.58. The molecule has 112 valence electrons. The van der Waals surface area contributed by atoms with E-state index in [9.17, 15) is 13.6 Å². The highest BCUT2D eigenvalue weighted by atomic mass is 28.4. The maximum atomic E-state index is 13.0. The van der Waals surface area contributed by atoms with E-state index in [1.807, 2.05) is 0 Å². The molecular weight excluding hydrogens is 266 g/mol. The number of carbonyl (C=O) groups excluding carboxylic acids is 1. The summed E-state index contributed by atoms with van der Waals surface area (Å²) in [7, 11) is -2.04. The molecule has 0 N–H and O–H groups in total. The lowest BCUT2D eigenvalue weighted by atomic mass is 9.59. The summed E-state index contributed by atoms with van der Waals surface area (Å²) < 4.78 is 32.2. The van der Waals surface area contributed by atoms with E-state index in [0.717, 1.165) is 6.29 Å². The van der Waals surface area contributed by atoms with Crippen LogP contribution in [0.3, 0.4) is 0 Å². The Morgan fingerprint density at radius 2 is 1.68 bits per heavy atom. The summed E-state index contributed by atoms with van der Waals surface area (Å²) in [4.78, 5) is 10.9. The standard InChI is InChI=1S/C14H26F2O2Si/c1-12(2,3)19(4,5)18-14(6-7-17)8-13(9-14,10-15)11-16/h7H,6,8-11H2,1-5H3. The lowest BCUT2D eigenvalue weighted by molar-refractivity contribution is -0.145. The fourth-order valence-electron chi connectivity index (χ4n) is 2.64. The van der Waals surface area contributed by atoms with Gasteiger partial charge in [-0.2, -0.15) is 0 Å². The van der Waals surface area contributed by atoms with E-state index in [-0.39, 0.29) is 11.5 Å². The van der Waals surface area contributed by atoms with Gasteiger partial charge in [-0.15, -0.1) is 0 Å². The molecule has 1 aliphatic rings. The predicted octanol–water partition coefficient (Wildman–Crippen LogP) is 4.06. The molecule has 1 saturated carbocycles. The van der Waals surface area contributed by atoms with Crippen LogP contribution in [0.5, 0.6) is 0 Å². The van der Waals surface area contributed by atoms with E-state index in [1.54, 1.807) is 0 Å². The van der Waals surface area contributed by atoms with E-state index in [2.05, 4.69) is 33.9 Å². The molecule has 0 aromatic heterocycles. The predicted molar refractivity (Wildman–Crippen MR) is 75.3 cm³/mol. The topological polar surface area (TPSA) is 26.3 Å². The largest absolute Gasteiger partial charge is 0.411 e. The van der Waals surface area contributed by atoms with E-state index >= 15 is 0 Å². The minimum atomic E-state index is -2.04. The SMILES string of the molecule is CC(C)(C)[Si](C)(C)OC1(CC=O)CC(CF)(CF)C1. The number of hydrogen-bond acceptors (Lipinski definition) is 2. The maximum Gasteiger partial charge on any atom is 0.192 e. The van der Waals surface area contributed by atoms with Gasteiger partial charge in [-0.1, -0.05) is 20.8 Å². The van der Waals surface area contributed by atoms with E-state index < -0.39 is 32.7 Å². The van der Waals surface area contributed by atoms with Gasteiger partial charge in [0.15, 0.2) is 8.32 Å². The molecule has 0 aromatic rings. The molecule has 0 bridgehead atoms. The van der Waals surface area contributed by atoms with E-state index in [1.165, 1.54) is 0 Å². The highest BCUT2D eigenvalue weighted by Crippen LogP contribution is 2.55. The minimum absolute atomic E-state index is 0.0204. The molecule has 5 heteroatoms. The Morgan fingerprint density at radius 3 is 2.00 bits per heavy atom. The molecule has 1 rings (SSSR count). The van der Waals surface area contributed by atoms with Crippen molar-refractivity contribution in [1.82, 2.24) is 0 Å². The minimum Gasteiger partial charge on any atom is -0.411 e. The number of alkyl halides is 2. The molecule has 0 aliphatic heterocycles. The molecule has 0 unspecified atom stereocenters.